The van der Waals surface area contributed by atoms with Crippen LogP contribution in [-0.2, 0) is 4.79 Å². The lowest BCUT2D eigenvalue weighted by atomic mass is 10.2. The summed E-state index contributed by atoms with van der Waals surface area (Å²) in [5, 5.41) is 3.49. The van der Waals surface area contributed by atoms with Gasteiger partial charge >= 0.3 is 0 Å². The molecule has 0 saturated carbocycles. The van der Waals surface area contributed by atoms with E-state index in [4.69, 9.17) is 11.6 Å². The molecule has 1 aromatic carbocycles. The summed E-state index contributed by atoms with van der Waals surface area (Å²) in [6.07, 6.45) is 0. The second kappa shape index (κ2) is 8.31. The molecule has 1 N–H and O–H groups in total. The molecule has 0 atom stereocenters. The van der Waals surface area contributed by atoms with Crippen molar-refractivity contribution >= 4 is 23.4 Å². The summed E-state index contributed by atoms with van der Waals surface area (Å²) in [5.41, 5.74) is 0.612. The summed E-state index contributed by atoms with van der Waals surface area (Å²) < 4.78 is 0. The number of nitrogens with zero attached hydrogens (tertiary/aromatic N) is 2. The van der Waals surface area contributed by atoms with Crippen LogP contribution in [0.25, 0.3) is 0 Å². The molecule has 0 unspecified atom stereocenters. The first kappa shape index (κ1) is 17.8. The normalized spacial score (nSPS) is 15.7. The highest BCUT2D eigenvalue weighted by molar-refractivity contribution is 6.30. The number of nitrogens with one attached hydrogen (secondary N) is 1. The predicted octanol–water partition coefficient (Wildman–Crippen LogP) is 1.87. The Morgan fingerprint density at radius 1 is 1.22 bits per heavy atom. The summed E-state index contributed by atoms with van der Waals surface area (Å²) in [5.74, 6) is 0.496. The van der Waals surface area contributed by atoms with Crippen LogP contribution in [0.1, 0.15) is 24.2 Å². The second-order valence-electron chi connectivity index (χ2n) is 6.28. The Labute approximate surface area is 142 Å². The van der Waals surface area contributed by atoms with E-state index < -0.39 is 0 Å². The zero-order valence-electron chi connectivity index (χ0n) is 13.7. The van der Waals surface area contributed by atoms with Gasteiger partial charge in [-0.05, 0) is 24.1 Å². The van der Waals surface area contributed by atoms with E-state index in [9.17, 15) is 9.59 Å². The molecule has 0 radical (unpaired) electrons. The van der Waals surface area contributed by atoms with Gasteiger partial charge < -0.3 is 10.2 Å². The monoisotopic (exact) mass is 337 g/mol. The van der Waals surface area contributed by atoms with Gasteiger partial charge in [0.2, 0.25) is 5.91 Å². The summed E-state index contributed by atoms with van der Waals surface area (Å²) in [4.78, 5) is 28.2. The van der Waals surface area contributed by atoms with Gasteiger partial charge in [0.15, 0.2) is 0 Å². The molecule has 1 aliphatic heterocycles. The number of carbonyl (C=O) groups excluding carboxylic acids is 2. The van der Waals surface area contributed by atoms with Crippen molar-refractivity contribution in [2.75, 3.05) is 39.3 Å². The molecular formula is C17H24ClN3O2. The molecule has 1 heterocycles. The van der Waals surface area contributed by atoms with Gasteiger partial charge in [0.1, 0.15) is 0 Å². The lowest BCUT2D eigenvalue weighted by molar-refractivity contribution is -0.122. The molecule has 0 aliphatic carbocycles. The fraction of sp³-hybridized carbons (Fsp3) is 0.529. The van der Waals surface area contributed by atoms with Crippen LogP contribution in [0.5, 0.6) is 0 Å². The lowest BCUT2D eigenvalue weighted by Crippen LogP contribution is -2.51. The zero-order valence-corrected chi connectivity index (χ0v) is 14.5. The van der Waals surface area contributed by atoms with E-state index >= 15 is 0 Å². The molecule has 2 rings (SSSR count). The molecule has 23 heavy (non-hydrogen) atoms. The van der Waals surface area contributed by atoms with Crippen molar-refractivity contribution in [1.82, 2.24) is 15.1 Å². The van der Waals surface area contributed by atoms with Crippen LogP contribution in [0.4, 0.5) is 0 Å². The average molecular weight is 338 g/mol. The summed E-state index contributed by atoms with van der Waals surface area (Å²) >= 11 is 5.94. The highest BCUT2D eigenvalue weighted by Gasteiger charge is 2.23. The van der Waals surface area contributed by atoms with E-state index in [0.29, 0.717) is 55.8 Å². The minimum Gasteiger partial charge on any atom is -0.355 e. The second-order valence-corrected chi connectivity index (χ2v) is 6.71. The van der Waals surface area contributed by atoms with Crippen molar-refractivity contribution in [2.24, 2.45) is 5.92 Å². The zero-order chi connectivity index (χ0) is 16.8. The fourth-order valence-corrected chi connectivity index (χ4v) is 2.68. The smallest absolute Gasteiger partial charge is 0.253 e. The molecule has 1 aromatic rings. The molecule has 126 valence electrons. The van der Waals surface area contributed by atoms with Gasteiger partial charge in [-0.25, -0.2) is 0 Å². The number of hydrogen-bond donors (Lipinski definition) is 1. The van der Waals surface area contributed by atoms with Crippen LogP contribution >= 0.6 is 11.6 Å². The maximum atomic E-state index is 12.4. The van der Waals surface area contributed by atoms with Crippen molar-refractivity contribution in [1.29, 1.82) is 0 Å². The Hall–Kier alpha value is -1.59. The minimum absolute atomic E-state index is 0.00332. The molecule has 0 spiro atoms. The third kappa shape index (κ3) is 5.52. The fourth-order valence-electron chi connectivity index (χ4n) is 2.49. The van der Waals surface area contributed by atoms with Gasteiger partial charge in [-0.2, -0.15) is 0 Å². The van der Waals surface area contributed by atoms with E-state index in [-0.39, 0.29) is 11.8 Å². The molecular weight excluding hydrogens is 314 g/mol. The third-order valence-electron chi connectivity index (χ3n) is 3.81. The molecule has 1 fully saturated rings. The average Bonchev–Trinajstić information content (AvgIpc) is 2.53. The van der Waals surface area contributed by atoms with E-state index in [1.165, 1.54) is 0 Å². The van der Waals surface area contributed by atoms with Crippen molar-refractivity contribution in [2.45, 2.75) is 13.8 Å². The Morgan fingerprint density at radius 2 is 1.91 bits per heavy atom. The quantitative estimate of drug-likeness (QED) is 0.892. The topological polar surface area (TPSA) is 52.7 Å². The third-order valence-corrected chi connectivity index (χ3v) is 4.04. The molecule has 2 amide bonds. The largest absolute Gasteiger partial charge is 0.355 e. The number of halogens is 1. The predicted molar refractivity (Wildman–Crippen MR) is 91.6 cm³/mol. The highest BCUT2D eigenvalue weighted by atomic mass is 35.5. The van der Waals surface area contributed by atoms with Crippen LogP contribution in [0.3, 0.4) is 0 Å². The number of hydrogen-bond acceptors (Lipinski definition) is 3. The van der Waals surface area contributed by atoms with Gasteiger partial charge in [-0.1, -0.05) is 31.5 Å². The Balaban J connectivity index is 1.79. The molecule has 0 aromatic heterocycles. The molecule has 0 bridgehead atoms. The summed E-state index contributed by atoms with van der Waals surface area (Å²) in [6, 6.07) is 7.01. The molecule has 5 nitrogen and oxygen atoms in total. The first-order chi connectivity index (χ1) is 11.0. The Morgan fingerprint density at radius 3 is 2.52 bits per heavy atom. The van der Waals surface area contributed by atoms with Gasteiger partial charge in [0.05, 0.1) is 6.54 Å². The number of rotatable bonds is 5. The van der Waals surface area contributed by atoms with Gasteiger partial charge in [0, 0.05) is 43.3 Å². The molecule has 6 heteroatoms. The van der Waals surface area contributed by atoms with Crippen LogP contribution in [0.15, 0.2) is 24.3 Å². The standard InChI is InChI=1S/C17H24ClN3O2/c1-13(2)11-19-16(22)12-20-6-8-21(9-7-20)17(23)14-4-3-5-15(18)10-14/h3-5,10,13H,6-9,11-12H2,1-2H3,(H,19,22). The molecule has 1 aliphatic rings. The minimum atomic E-state index is -0.00332. The van der Waals surface area contributed by atoms with Crippen LogP contribution in [0, 0.1) is 5.92 Å². The van der Waals surface area contributed by atoms with Crippen molar-refractivity contribution in [3.8, 4) is 0 Å². The number of piperazine rings is 1. The van der Waals surface area contributed by atoms with Gasteiger partial charge in [-0.15, -0.1) is 0 Å². The van der Waals surface area contributed by atoms with Crippen molar-refractivity contribution in [3.63, 3.8) is 0 Å². The van der Waals surface area contributed by atoms with E-state index in [1.54, 1.807) is 24.3 Å². The van der Waals surface area contributed by atoms with Gasteiger partial charge in [-0.3, -0.25) is 14.5 Å². The van der Waals surface area contributed by atoms with Crippen LogP contribution in [-0.4, -0.2) is 60.9 Å². The Bertz CT molecular complexity index is 555. The van der Waals surface area contributed by atoms with Crippen molar-refractivity contribution < 1.29 is 9.59 Å². The highest BCUT2D eigenvalue weighted by Crippen LogP contribution is 2.14. The summed E-state index contributed by atoms with van der Waals surface area (Å²) in [6.45, 7) is 7.91. The van der Waals surface area contributed by atoms with Crippen molar-refractivity contribution in [3.05, 3.63) is 34.9 Å². The maximum absolute atomic E-state index is 12.4. The van der Waals surface area contributed by atoms with E-state index in [0.717, 1.165) is 0 Å². The first-order valence-electron chi connectivity index (χ1n) is 7.99. The number of carbonyl (C=O) groups is 2. The number of amides is 2. The van der Waals surface area contributed by atoms with E-state index in [2.05, 4.69) is 24.1 Å². The SMILES string of the molecule is CC(C)CNC(=O)CN1CCN(C(=O)c2cccc(Cl)c2)CC1. The van der Waals surface area contributed by atoms with E-state index in [1.807, 2.05) is 4.90 Å². The van der Waals surface area contributed by atoms with Gasteiger partial charge in [0.25, 0.3) is 5.91 Å². The maximum Gasteiger partial charge on any atom is 0.253 e. The van der Waals surface area contributed by atoms with Crippen LogP contribution in [0.2, 0.25) is 5.02 Å². The van der Waals surface area contributed by atoms with Crippen LogP contribution < -0.4 is 5.32 Å². The number of benzene rings is 1. The summed E-state index contributed by atoms with van der Waals surface area (Å²) in [7, 11) is 0. The Kier molecular flexibility index (Phi) is 6.42. The molecule has 1 saturated heterocycles. The lowest BCUT2D eigenvalue weighted by Gasteiger charge is -2.34. The first-order valence-corrected chi connectivity index (χ1v) is 8.37.